The van der Waals surface area contributed by atoms with Crippen LogP contribution in [0.3, 0.4) is 0 Å². The molecule has 2 aromatic heterocycles. The van der Waals surface area contributed by atoms with E-state index in [9.17, 15) is 14.0 Å². The van der Waals surface area contributed by atoms with Crippen molar-refractivity contribution in [1.82, 2.24) is 25.1 Å². The van der Waals surface area contributed by atoms with Crippen LogP contribution in [0.15, 0.2) is 59.6 Å². The van der Waals surface area contributed by atoms with Crippen LogP contribution in [-0.4, -0.2) is 69.8 Å². The van der Waals surface area contributed by atoms with Gasteiger partial charge in [-0.2, -0.15) is 0 Å². The number of thiazole rings is 1. The van der Waals surface area contributed by atoms with Crippen LogP contribution in [0.25, 0.3) is 22.0 Å². The summed E-state index contributed by atoms with van der Waals surface area (Å²) in [5, 5.41) is 6.38. The first-order valence-electron chi connectivity index (χ1n) is 11.6. The summed E-state index contributed by atoms with van der Waals surface area (Å²) in [6.45, 7) is 2.69. The number of aromatic nitrogens is 2. The van der Waals surface area contributed by atoms with Crippen LogP contribution in [0.2, 0.25) is 0 Å². The molecule has 2 saturated heterocycles. The van der Waals surface area contributed by atoms with Gasteiger partial charge in [0.1, 0.15) is 11.5 Å². The van der Waals surface area contributed by atoms with Crippen molar-refractivity contribution < 1.29 is 14.0 Å². The van der Waals surface area contributed by atoms with E-state index in [1.807, 2.05) is 34.2 Å². The Bertz CT molecular complexity index is 1380. The predicted molar refractivity (Wildman–Crippen MR) is 133 cm³/mol. The fraction of sp³-hybridized carbons (Fsp3) is 0.269. The molecular weight excluding hydrogens is 465 g/mol. The van der Waals surface area contributed by atoms with Crippen molar-refractivity contribution in [3.8, 4) is 11.1 Å². The van der Waals surface area contributed by atoms with Gasteiger partial charge in [-0.25, -0.2) is 9.37 Å². The monoisotopic (exact) mass is 489 g/mol. The molecule has 0 saturated carbocycles. The first kappa shape index (κ1) is 21.9. The van der Waals surface area contributed by atoms with Gasteiger partial charge in [0, 0.05) is 71.9 Å². The zero-order chi connectivity index (χ0) is 23.9. The predicted octanol–water partition coefficient (Wildman–Crippen LogP) is 3.76. The minimum atomic E-state index is -0.266. The van der Waals surface area contributed by atoms with E-state index in [1.165, 1.54) is 23.5 Å². The molecule has 178 valence electrons. The Labute approximate surface area is 205 Å². The van der Waals surface area contributed by atoms with Crippen molar-refractivity contribution in [2.24, 2.45) is 0 Å². The maximum absolute atomic E-state index is 13.3. The third-order valence-corrected chi connectivity index (χ3v) is 7.44. The highest BCUT2D eigenvalue weighted by Gasteiger charge is 2.35. The number of halogens is 1. The van der Waals surface area contributed by atoms with Gasteiger partial charge >= 0.3 is 0 Å². The molecule has 0 unspecified atom stereocenters. The summed E-state index contributed by atoms with van der Waals surface area (Å²) in [6.07, 6.45) is 2.79. The van der Waals surface area contributed by atoms with Gasteiger partial charge in [0.25, 0.3) is 11.8 Å². The molecule has 2 fully saturated rings. The van der Waals surface area contributed by atoms with Crippen molar-refractivity contribution in [2.75, 3.05) is 26.2 Å². The van der Waals surface area contributed by atoms with Gasteiger partial charge in [-0.05, 0) is 36.2 Å². The molecule has 2 N–H and O–H groups in total. The molecule has 7 nitrogen and oxygen atoms in total. The number of hydrogen-bond acceptors (Lipinski definition) is 5. The number of nitrogens with zero attached hydrogens (tertiary/aromatic N) is 3. The number of benzene rings is 2. The number of carbonyl (C=O) groups is 2. The number of nitrogens with one attached hydrogen (secondary N) is 2. The van der Waals surface area contributed by atoms with Crippen LogP contribution in [0.5, 0.6) is 0 Å². The molecule has 4 heterocycles. The summed E-state index contributed by atoms with van der Waals surface area (Å²) in [7, 11) is 0. The van der Waals surface area contributed by atoms with Crippen LogP contribution in [0.4, 0.5) is 4.39 Å². The molecule has 0 bridgehead atoms. The normalized spacial score (nSPS) is 18.3. The van der Waals surface area contributed by atoms with Gasteiger partial charge in [-0.1, -0.05) is 18.2 Å². The van der Waals surface area contributed by atoms with Crippen LogP contribution >= 0.6 is 11.3 Å². The summed E-state index contributed by atoms with van der Waals surface area (Å²) in [4.78, 5) is 36.6. The maximum Gasteiger partial charge on any atom is 0.273 e. The van der Waals surface area contributed by atoms with Crippen molar-refractivity contribution in [3.05, 3.63) is 76.6 Å². The van der Waals surface area contributed by atoms with Crippen LogP contribution in [-0.2, 0) is 0 Å². The molecule has 0 radical (unpaired) electrons. The zero-order valence-corrected chi connectivity index (χ0v) is 19.7. The van der Waals surface area contributed by atoms with Gasteiger partial charge in [0.05, 0.1) is 5.51 Å². The molecular formula is C26H24FN5O2S. The lowest BCUT2D eigenvalue weighted by atomic mass is 10.0. The van der Waals surface area contributed by atoms with E-state index in [-0.39, 0.29) is 29.7 Å². The van der Waals surface area contributed by atoms with Crippen molar-refractivity contribution in [1.29, 1.82) is 0 Å². The van der Waals surface area contributed by atoms with Crippen molar-refractivity contribution in [2.45, 2.75) is 18.5 Å². The number of amides is 2. The van der Waals surface area contributed by atoms with E-state index in [0.29, 0.717) is 30.9 Å². The van der Waals surface area contributed by atoms with Gasteiger partial charge in [0.15, 0.2) is 0 Å². The Balaban J connectivity index is 1.05. The quantitative estimate of drug-likeness (QED) is 0.447. The Hall–Kier alpha value is -3.56. The number of carbonyl (C=O) groups excluding carboxylic acids is 2. The Morgan fingerprint density at radius 3 is 2.60 bits per heavy atom. The summed E-state index contributed by atoms with van der Waals surface area (Å²) in [6, 6.07) is 12.5. The minimum Gasteiger partial charge on any atom is -0.361 e. The highest BCUT2D eigenvalue weighted by Crippen LogP contribution is 2.30. The lowest BCUT2D eigenvalue weighted by Crippen LogP contribution is -2.62. The molecule has 9 heteroatoms. The number of likely N-dealkylation sites (tertiary alicyclic amines) is 2. The second-order valence-corrected chi connectivity index (χ2v) is 9.87. The number of aromatic amines is 1. The molecule has 2 aliphatic rings. The van der Waals surface area contributed by atoms with Crippen LogP contribution < -0.4 is 5.32 Å². The lowest BCUT2D eigenvalue weighted by molar-refractivity contribution is 0.0553. The van der Waals surface area contributed by atoms with Crippen molar-refractivity contribution >= 4 is 34.1 Å². The van der Waals surface area contributed by atoms with E-state index in [0.717, 1.165) is 35.0 Å². The highest BCUT2D eigenvalue weighted by molar-refractivity contribution is 7.07. The van der Waals surface area contributed by atoms with E-state index in [2.05, 4.69) is 15.3 Å². The summed E-state index contributed by atoms with van der Waals surface area (Å²) in [5.41, 5.74) is 5.61. The average molecular weight is 490 g/mol. The number of hydrogen-bond donors (Lipinski definition) is 2. The summed E-state index contributed by atoms with van der Waals surface area (Å²) < 4.78 is 13.3. The fourth-order valence-corrected chi connectivity index (χ4v) is 5.48. The Kier molecular flexibility index (Phi) is 5.58. The second kappa shape index (κ2) is 8.90. The minimum absolute atomic E-state index is 0.00893. The lowest BCUT2D eigenvalue weighted by Gasteiger charge is -2.41. The molecule has 2 aromatic carbocycles. The summed E-state index contributed by atoms with van der Waals surface area (Å²) in [5.74, 6) is -0.268. The molecule has 1 atom stereocenters. The molecule has 0 aliphatic carbocycles. The number of fused-ring (bicyclic) bond motifs is 1. The third-order valence-electron chi connectivity index (χ3n) is 6.85. The summed E-state index contributed by atoms with van der Waals surface area (Å²) >= 11 is 1.43. The molecule has 2 aliphatic heterocycles. The standard InChI is InChI=1S/C26H24FN5O2S/c27-18-4-1-16(2-5-18)22-10-28-23-9-17(3-6-21(22)23)25(33)32-12-20(13-32)30-19-7-8-31(11-19)26(34)24-14-35-15-29-24/h1-6,9-10,14-15,19-20,28,30H,7-8,11-13H2/t19-/m0/s1. The largest absolute Gasteiger partial charge is 0.361 e. The van der Waals surface area contributed by atoms with Crippen LogP contribution in [0, 0.1) is 5.82 Å². The molecule has 4 aromatic rings. The molecule has 6 rings (SSSR count). The smallest absolute Gasteiger partial charge is 0.273 e. The average Bonchev–Trinajstić information content (AvgIpc) is 3.61. The van der Waals surface area contributed by atoms with Gasteiger partial charge < -0.3 is 20.1 Å². The molecule has 35 heavy (non-hydrogen) atoms. The maximum atomic E-state index is 13.3. The van der Waals surface area contributed by atoms with E-state index in [4.69, 9.17) is 0 Å². The fourth-order valence-electron chi connectivity index (χ4n) is 4.95. The zero-order valence-electron chi connectivity index (χ0n) is 18.9. The van der Waals surface area contributed by atoms with E-state index < -0.39 is 0 Å². The Morgan fingerprint density at radius 2 is 1.83 bits per heavy atom. The highest BCUT2D eigenvalue weighted by atomic mass is 32.1. The van der Waals surface area contributed by atoms with E-state index >= 15 is 0 Å². The van der Waals surface area contributed by atoms with Crippen molar-refractivity contribution in [3.63, 3.8) is 0 Å². The third kappa shape index (κ3) is 4.21. The number of H-pyrrole nitrogens is 1. The van der Waals surface area contributed by atoms with Gasteiger partial charge in [-0.15, -0.1) is 11.3 Å². The topological polar surface area (TPSA) is 81.3 Å². The number of rotatable bonds is 5. The van der Waals surface area contributed by atoms with E-state index in [1.54, 1.807) is 23.0 Å². The van der Waals surface area contributed by atoms with Crippen LogP contribution in [0.1, 0.15) is 27.3 Å². The first-order valence-corrected chi connectivity index (χ1v) is 12.6. The second-order valence-electron chi connectivity index (χ2n) is 9.15. The Morgan fingerprint density at radius 1 is 1.03 bits per heavy atom. The van der Waals surface area contributed by atoms with Gasteiger partial charge in [-0.3, -0.25) is 9.59 Å². The SMILES string of the molecule is O=C(c1ccc2c(-c3ccc(F)cc3)c[nH]c2c1)N1CC(N[C@H]2CCN(C(=O)c3cscn3)C2)C1. The first-order chi connectivity index (χ1) is 17.0. The van der Waals surface area contributed by atoms with Gasteiger partial charge in [0.2, 0.25) is 0 Å². The molecule has 0 spiro atoms. The molecule has 2 amide bonds.